The summed E-state index contributed by atoms with van der Waals surface area (Å²) in [6.45, 7) is 5.40. The van der Waals surface area contributed by atoms with Crippen LogP contribution in [0.25, 0.3) is 0 Å². The van der Waals surface area contributed by atoms with E-state index in [1.165, 1.54) is 12.8 Å². The van der Waals surface area contributed by atoms with Gasteiger partial charge in [0.15, 0.2) is 0 Å². The third kappa shape index (κ3) is 3.96. The van der Waals surface area contributed by atoms with Gasteiger partial charge in [0.05, 0.1) is 11.1 Å². The predicted octanol–water partition coefficient (Wildman–Crippen LogP) is 2.30. The standard InChI is InChI=1S/C17H25ClN4O/c1-13(17(23)20-14-5-2-3-6-14)21-9-11-22(12-10-21)16-15(18)7-4-8-19-16/h4,7-8,13-14H,2-3,5-6,9-12H2,1H3,(H,20,23). The summed E-state index contributed by atoms with van der Waals surface area (Å²) in [6.07, 6.45) is 6.51. The SMILES string of the molecule is CC(C(=O)NC1CCCC1)N1CCN(c2ncccc2Cl)CC1. The van der Waals surface area contributed by atoms with E-state index in [2.05, 4.69) is 20.1 Å². The van der Waals surface area contributed by atoms with Gasteiger partial charge in [-0.05, 0) is 31.9 Å². The Morgan fingerprint density at radius 2 is 2.00 bits per heavy atom. The quantitative estimate of drug-likeness (QED) is 0.916. The molecule has 0 radical (unpaired) electrons. The Balaban J connectivity index is 1.51. The summed E-state index contributed by atoms with van der Waals surface area (Å²) < 4.78 is 0. The maximum Gasteiger partial charge on any atom is 0.237 e. The molecule has 5 nitrogen and oxygen atoms in total. The lowest BCUT2D eigenvalue weighted by Gasteiger charge is -2.38. The molecule has 1 N–H and O–H groups in total. The number of halogens is 1. The number of pyridine rings is 1. The summed E-state index contributed by atoms with van der Waals surface area (Å²) >= 11 is 6.22. The van der Waals surface area contributed by atoms with E-state index in [4.69, 9.17) is 11.6 Å². The monoisotopic (exact) mass is 336 g/mol. The van der Waals surface area contributed by atoms with E-state index in [9.17, 15) is 4.79 Å². The number of hydrogen-bond donors (Lipinski definition) is 1. The third-order valence-corrected chi connectivity index (χ3v) is 5.28. The molecular weight excluding hydrogens is 312 g/mol. The van der Waals surface area contributed by atoms with Gasteiger partial charge in [-0.25, -0.2) is 4.98 Å². The molecule has 1 aliphatic carbocycles. The van der Waals surface area contributed by atoms with Crippen LogP contribution in [0.4, 0.5) is 5.82 Å². The van der Waals surface area contributed by atoms with Crippen molar-refractivity contribution >= 4 is 23.3 Å². The zero-order valence-electron chi connectivity index (χ0n) is 13.7. The topological polar surface area (TPSA) is 48.5 Å². The maximum atomic E-state index is 12.4. The van der Waals surface area contributed by atoms with Gasteiger partial charge in [0.25, 0.3) is 0 Å². The largest absolute Gasteiger partial charge is 0.353 e. The zero-order valence-corrected chi connectivity index (χ0v) is 14.4. The number of nitrogens with zero attached hydrogens (tertiary/aromatic N) is 3. The molecule has 1 saturated carbocycles. The number of rotatable bonds is 4. The number of amides is 1. The van der Waals surface area contributed by atoms with Crippen molar-refractivity contribution in [2.45, 2.75) is 44.7 Å². The number of carbonyl (C=O) groups is 1. The van der Waals surface area contributed by atoms with E-state index >= 15 is 0 Å². The molecule has 1 saturated heterocycles. The molecule has 2 fully saturated rings. The van der Waals surface area contributed by atoms with Crippen LogP contribution >= 0.6 is 11.6 Å². The average molecular weight is 337 g/mol. The van der Waals surface area contributed by atoms with Crippen molar-refractivity contribution in [3.8, 4) is 0 Å². The van der Waals surface area contributed by atoms with Gasteiger partial charge in [-0.2, -0.15) is 0 Å². The molecule has 3 rings (SSSR count). The van der Waals surface area contributed by atoms with Crippen molar-refractivity contribution in [1.29, 1.82) is 0 Å². The van der Waals surface area contributed by atoms with Crippen molar-refractivity contribution in [1.82, 2.24) is 15.2 Å². The van der Waals surface area contributed by atoms with Crippen molar-refractivity contribution < 1.29 is 4.79 Å². The van der Waals surface area contributed by atoms with Crippen LogP contribution in [0.3, 0.4) is 0 Å². The van der Waals surface area contributed by atoms with Crippen LogP contribution in [0.2, 0.25) is 5.02 Å². The van der Waals surface area contributed by atoms with Gasteiger partial charge < -0.3 is 10.2 Å². The van der Waals surface area contributed by atoms with Gasteiger partial charge in [0.2, 0.25) is 5.91 Å². The van der Waals surface area contributed by atoms with Gasteiger partial charge in [0.1, 0.15) is 5.82 Å². The molecule has 1 aliphatic heterocycles. The molecule has 1 unspecified atom stereocenters. The number of anilines is 1. The summed E-state index contributed by atoms with van der Waals surface area (Å²) in [5.41, 5.74) is 0. The van der Waals surface area contributed by atoms with Crippen molar-refractivity contribution in [3.05, 3.63) is 23.4 Å². The summed E-state index contributed by atoms with van der Waals surface area (Å²) in [6, 6.07) is 4.03. The first kappa shape index (κ1) is 16.5. The molecule has 126 valence electrons. The van der Waals surface area contributed by atoms with Gasteiger partial charge in [-0.1, -0.05) is 24.4 Å². The number of piperazine rings is 1. The number of aromatic nitrogens is 1. The van der Waals surface area contributed by atoms with Crippen LogP contribution in [0.5, 0.6) is 0 Å². The number of nitrogens with one attached hydrogen (secondary N) is 1. The highest BCUT2D eigenvalue weighted by Gasteiger charge is 2.28. The molecule has 2 aliphatic rings. The molecule has 0 spiro atoms. The lowest BCUT2D eigenvalue weighted by atomic mass is 10.2. The van der Waals surface area contributed by atoms with E-state index in [1.54, 1.807) is 6.20 Å². The first-order valence-corrected chi connectivity index (χ1v) is 8.93. The first-order chi connectivity index (χ1) is 11.1. The fourth-order valence-electron chi connectivity index (χ4n) is 3.49. The highest BCUT2D eigenvalue weighted by Crippen LogP contribution is 2.24. The van der Waals surface area contributed by atoms with E-state index in [1.807, 2.05) is 19.1 Å². The summed E-state index contributed by atoms with van der Waals surface area (Å²) in [5, 5.41) is 3.89. The first-order valence-electron chi connectivity index (χ1n) is 8.55. The predicted molar refractivity (Wildman–Crippen MR) is 92.9 cm³/mol. The minimum absolute atomic E-state index is 0.0723. The van der Waals surface area contributed by atoms with Crippen molar-refractivity contribution in [2.24, 2.45) is 0 Å². The second-order valence-electron chi connectivity index (χ2n) is 6.50. The molecule has 1 aromatic rings. The minimum Gasteiger partial charge on any atom is -0.353 e. The zero-order chi connectivity index (χ0) is 16.2. The lowest BCUT2D eigenvalue weighted by molar-refractivity contribution is -0.126. The van der Waals surface area contributed by atoms with Gasteiger partial charge in [0, 0.05) is 38.4 Å². The molecule has 0 aromatic carbocycles. The Kier molecular flexibility index (Phi) is 5.38. The van der Waals surface area contributed by atoms with E-state index < -0.39 is 0 Å². The summed E-state index contributed by atoms with van der Waals surface area (Å²) in [5.74, 6) is 1.01. The van der Waals surface area contributed by atoms with E-state index in [0.717, 1.165) is 44.8 Å². The third-order valence-electron chi connectivity index (χ3n) is 4.98. The van der Waals surface area contributed by atoms with E-state index in [-0.39, 0.29) is 11.9 Å². The molecule has 1 aromatic heterocycles. The highest BCUT2D eigenvalue weighted by molar-refractivity contribution is 6.32. The fourth-order valence-corrected chi connectivity index (χ4v) is 3.73. The van der Waals surface area contributed by atoms with Crippen LogP contribution in [0.15, 0.2) is 18.3 Å². The average Bonchev–Trinajstić information content (AvgIpc) is 3.08. The van der Waals surface area contributed by atoms with Crippen LogP contribution in [-0.4, -0.2) is 54.1 Å². The van der Waals surface area contributed by atoms with Crippen LogP contribution in [0, 0.1) is 0 Å². The summed E-state index contributed by atoms with van der Waals surface area (Å²) in [7, 11) is 0. The molecule has 23 heavy (non-hydrogen) atoms. The van der Waals surface area contributed by atoms with E-state index in [0.29, 0.717) is 11.1 Å². The Morgan fingerprint density at radius 1 is 1.30 bits per heavy atom. The van der Waals surface area contributed by atoms with Gasteiger partial charge in [-0.3, -0.25) is 9.69 Å². The highest BCUT2D eigenvalue weighted by atomic mass is 35.5. The van der Waals surface area contributed by atoms with Crippen molar-refractivity contribution in [2.75, 3.05) is 31.1 Å². The Morgan fingerprint density at radius 3 is 2.65 bits per heavy atom. The second kappa shape index (κ2) is 7.49. The van der Waals surface area contributed by atoms with Crippen LogP contribution in [0.1, 0.15) is 32.6 Å². The molecule has 0 bridgehead atoms. The maximum absolute atomic E-state index is 12.4. The van der Waals surface area contributed by atoms with Gasteiger partial charge in [-0.15, -0.1) is 0 Å². The fraction of sp³-hybridized carbons (Fsp3) is 0.647. The summed E-state index contributed by atoms with van der Waals surface area (Å²) in [4.78, 5) is 21.2. The molecule has 6 heteroatoms. The smallest absolute Gasteiger partial charge is 0.237 e. The normalized spacial score (nSPS) is 21.4. The lowest BCUT2D eigenvalue weighted by Crippen LogP contribution is -2.55. The van der Waals surface area contributed by atoms with Crippen LogP contribution < -0.4 is 10.2 Å². The number of hydrogen-bond acceptors (Lipinski definition) is 4. The molecule has 1 atom stereocenters. The number of carbonyl (C=O) groups excluding carboxylic acids is 1. The minimum atomic E-state index is -0.0723. The molecular formula is C17H25ClN4O. The Labute approximate surface area is 143 Å². The Bertz CT molecular complexity index is 539. The molecule has 2 heterocycles. The second-order valence-corrected chi connectivity index (χ2v) is 6.90. The molecule has 1 amide bonds. The van der Waals surface area contributed by atoms with Crippen molar-refractivity contribution in [3.63, 3.8) is 0 Å². The van der Waals surface area contributed by atoms with Crippen LogP contribution in [-0.2, 0) is 4.79 Å². The van der Waals surface area contributed by atoms with Gasteiger partial charge >= 0.3 is 0 Å². The Hall–Kier alpha value is -1.33.